The summed E-state index contributed by atoms with van der Waals surface area (Å²) in [6.45, 7) is 2.39. The Labute approximate surface area is 148 Å². The van der Waals surface area contributed by atoms with Gasteiger partial charge in [-0.3, -0.25) is 0 Å². The average molecular weight is 316 g/mol. The first kappa shape index (κ1) is 16.2. The molecule has 21 heavy (non-hydrogen) atoms. The van der Waals surface area contributed by atoms with Gasteiger partial charge in [-0.2, -0.15) is 11.8 Å². The Hall–Kier alpha value is 0.310. The average Bonchev–Trinajstić information content (AvgIpc) is 2.83. The van der Waals surface area contributed by atoms with E-state index in [2.05, 4.69) is 31.6 Å². The molecule has 0 saturated heterocycles. The van der Waals surface area contributed by atoms with Crippen LogP contribution >= 0.6 is 0 Å². The van der Waals surface area contributed by atoms with Crippen LogP contribution < -0.4 is 0 Å². The van der Waals surface area contributed by atoms with E-state index in [4.69, 9.17) is 0 Å². The quantitative estimate of drug-likeness (QED) is 0.655. The molecule has 3 unspecified atom stereocenters. The van der Waals surface area contributed by atoms with Crippen LogP contribution in [0.5, 0.6) is 0 Å². The van der Waals surface area contributed by atoms with E-state index in [1.54, 1.807) is 0 Å². The van der Waals surface area contributed by atoms with Crippen molar-refractivity contribution in [2.75, 3.05) is 0 Å². The summed E-state index contributed by atoms with van der Waals surface area (Å²) in [5, 5.41) is 11.6. The zero-order chi connectivity index (χ0) is 13.8. The first-order valence-electron chi connectivity index (χ1n) is 8.52. The van der Waals surface area contributed by atoms with Gasteiger partial charge in [0.1, 0.15) is 0 Å². The van der Waals surface area contributed by atoms with Crippen LogP contribution in [0.1, 0.15) is 58.3 Å². The molecule has 4 rings (SSSR count). The molecule has 0 aliphatic heterocycles. The number of hydrogen-bond acceptors (Lipinski definition) is 1. The Kier molecular flexibility index (Phi) is 4.43. The third kappa shape index (κ3) is 2.59. The van der Waals surface area contributed by atoms with Crippen molar-refractivity contribution in [1.29, 1.82) is 0 Å². The standard InChI is InChI=1S/C19H27O.Sc/c1-18-9-3-6-17(18)19(20)11-7-14-4-2-5-15(12-14)13-16(19)8-10-18;/h2,4,7,9,15-17,20H,3,5-6,8,10-13H2,1H3;/q-1;/b14-7-;/t15?,16?,17?,18-,19-;/m0./s1. The van der Waals surface area contributed by atoms with Crippen molar-refractivity contribution in [2.45, 2.75) is 63.9 Å². The summed E-state index contributed by atoms with van der Waals surface area (Å²) >= 11 is 0. The van der Waals surface area contributed by atoms with Crippen LogP contribution in [-0.2, 0) is 25.8 Å². The van der Waals surface area contributed by atoms with Crippen molar-refractivity contribution in [3.8, 4) is 0 Å². The van der Waals surface area contributed by atoms with E-state index < -0.39 is 5.60 Å². The Morgan fingerprint density at radius 3 is 3.05 bits per heavy atom. The normalized spacial score (nSPS) is 50.8. The minimum atomic E-state index is -0.435. The smallest absolute Gasteiger partial charge is 0.0717 e. The van der Waals surface area contributed by atoms with Crippen molar-refractivity contribution < 1.29 is 30.9 Å². The zero-order valence-electron chi connectivity index (χ0n) is 13.2. The van der Waals surface area contributed by atoms with Crippen LogP contribution in [0.3, 0.4) is 0 Å². The van der Waals surface area contributed by atoms with Crippen LogP contribution in [0.15, 0.2) is 23.8 Å². The molecule has 2 heteroatoms. The molecule has 5 atom stereocenters. The molecular weight excluding hydrogens is 289 g/mol. The molecule has 2 bridgehead atoms. The molecule has 0 aromatic heterocycles. The van der Waals surface area contributed by atoms with Crippen LogP contribution in [0.2, 0.25) is 0 Å². The number of rotatable bonds is 0. The maximum atomic E-state index is 11.6. The van der Waals surface area contributed by atoms with Gasteiger partial charge in [0.05, 0.1) is 5.60 Å². The topological polar surface area (TPSA) is 20.2 Å². The number of fused-ring (bicyclic) bond motifs is 5. The first-order chi connectivity index (χ1) is 9.60. The van der Waals surface area contributed by atoms with Crippen molar-refractivity contribution >= 4 is 0 Å². The van der Waals surface area contributed by atoms with Crippen molar-refractivity contribution in [1.82, 2.24) is 0 Å². The van der Waals surface area contributed by atoms with Gasteiger partial charge in [0, 0.05) is 25.8 Å². The van der Waals surface area contributed by atoms with Gasteiger partial charge >= 0.3 is 0 Å². The van der Waals surface area contributed by atoms with E-state index in [0.717, 1.165) is 12.3 Å². The largest absolute Gasteiger partial charge is 0.389 e. The minimum Gasteiger partial charge on any atom is -0.389 e. The van der Waals surface area contributed by atoms with Crippen molar-refractivity contribution in [3.05, 3.63) is 30.2 Å². The fourth-order valence-electron chi connectivity index (χ4n) is 5.72. The predicted octanol–water partition coefficient (Wildman–Crippen LogP) is 4.43. The third-order valence-electron chi connectivity index (χ3n) is 6.84. The molecular formula is C19H27OSc-. The molecule has 0 aromatic rings. The fourth-order valence-corrected chi connectivity index (χ4v) is 5.72. The molecule has 1 N–H and O–H groups in total. The van der Waals surface area contributed by atoms with E-state index in [0.29, 0.717) is 17.3 Å². The van der Waals surface area contributed by atoms with Crippen LogP contribution in [-0.4, -0.2) is 10.7 Å². The van der Waals surface area contributed by atoms with Gasteiger partial charge in [-0.15, -0.1) is 0 Å². The van der Waals surface area contributed by atoms with Gasteiger partial charge in [0.2, 0.25) is 0 Å². The second kappa shape index (κ2) is 5.74. The number of hydrogen-bond donors (Lipinski definition) is 1. The maximum absolute atomic E-state index is 11.6. The Morgan fingerprint density at radius 2 is 2.19 bits per heavy atom. The molecule has 0 heterocycles. The van der Waals surface area contributed by atoms with E-state index in [1.165, 1.54) is 50.5 Å². The summed E-state index contributed by atoms with van der Waals surface area (Å²) in [5.74, 6) is 1.80. The Bertz CT molecular complexity index is 468. The molecule has 0 spiro atoms. The summed E-state index contributed by atoms with van der Waals surface area (Å²) < 4.78 is 0. The van der Waals surface area contributed by atoms with Gasteiger partial charge < -0.3 is 11.5 Å². The van der Waals surface area contributed by atoms with Crippen molar-refractivity contribution in [2.24, 2.45) is 23.2 Å². The van der Waals surface area contributed by atoms with Gasteiger partial charge in [-0.1, -0.05) is 43.6 Å². The summed E-state index contributed by atoms with van der Waals surface area (Å²) in [7, 11) is 0. The maximum Gasteiger partial charge on any atom is 0.0717 e. The molecule has 2 saturated carbocycles. The van der Waals surface area contributed by atoms with Gasteiger partial charge in [0.15, 0.2) is 0 Å². The van der Waals surface area contributed by atoms with E-state index >= 15 is 0 Å². The minimum absolute atomic E-state index is 0. The second-order valence-electron chi connectivity index (χ2n) is 7.99. The molecule has 1 nitrogen and oxygen atoms in total. The summed E-state index contributed by atoms with van der Waals surface area (Å²) in [6, 6.07) is 0. The molecule has 0 aromatic carbocycles. The monoisotopic (exact) mass is 316 g/mol. The summed E-state index contributed by atoms with van der Waals surface area (Å²) in [5.41, 5.74) is 1.34. The Balaban J connectivity index is 0.00000132. The van der Waals surface area contributed by atoms with Gasteiger partial charge in [0.25, 0.3) is 0 Å². The van der Waals surface area contributed by atoms with Crippen molar-refractivity contribution in [3.63, 3.8) is 0 Å². The number of aliphatic hydroxyl groups is 1. The zero-order valence-corrected chi connectivity index (χ0v) is 15.0. The summed E-state index contributed by atoms with van der Waals surface area (Å²) in [6.07, 6.45) is 19.0. The van der Waals surface area contributed by atoms with Crippen LogP contribution in [0.4, 0.5) is 0 Å². The second-order valence-corrected chi connectivity index (χ2v) is 7.99. The fraction of sp³-hybridized carbons (Fsp3) is 0.737. The first-order valence-corrected chi connectivity index (χ1v) is 8.52. The van der Waals surface area contributed by atoms with E-state index in [1.807, 2.05) is 0 Å². The molecule has 1 radical (unpaired) electrons. The molecule has 0 amide bonds. The van der Waals surface area contributed by atoms with Crippen LogP contribution in [0.25, 0.3) is 0 Å². The summed E-state index contributed by atoms with van der Waals surface area (Å²) in [4.78, 5) is 0. The predicted molar refractivity (Wildman–Crippen MR) is 82.0 cm³/mol. The molecule has 2 fully saturated rings. The van der Waals surface area contributed by atoms with E-state index in [9.17, 15) is 5.11 Å². The van der Waals surface area contributed by atoms with Gasteiger partial charge in [-0.25, -0.2) is 0 Å². The molecule has 113 valence electrons. The van der Waals surface area contributed by atoms with Gasteiger partial charge in [-0.05, 0) is 49.9 Å². The SMILES string of the molecule is C[C@@]12[CH-]CCC1[C@]1(O)C/C=C3/C=CCC(C3)CC1CC2.[Sc]. The molecule has 4 aliphatic rings. The Morgan fingerprint density at radius 1 is 1.33 bits per heavy atom. The number of allylic oxidation sites excluding steroid dienone is 3. The van der Waals surface area contributed by atoms with E-state index in [-0.39, 0.29) is 25.8 Å². The molecule has 4 aliphatic carbocycles. The third-order valence-corrected chi connectivity index (χ3v) is 6.84. The van der Waals surface area contributed by atoms with Crippen LogP contribution in [0, 0.1) is 29.6 Å².